The Morgan fingerprint density at radius 2 is 1.79 bits per heavy atom. The molecule has 0 aliphatic rings. The van der Waals surface area contributed by atoms with Crippen molar-refractivity contribution in [2.45, 2.75) is 25.7 Å². The van der Waals surface area contributed by atoms with Gasteiger partial charge >= 0.3 is 0 Å². The number of ether oxygens (including phenoxy) is 2. The molecule has 0 aromatic heterocycles. The summed E-state index contributed by atoms with van der Waals surface area (Å²) >= 11 is 0. The fourth-order valence-corrected chi connectivity index (χ4v) is 3.53. The molecule has 2 aromatic rings. The third-order valence-electron chi connectivity index (χ3n) is 4.20. The highest BCUT2D eigenvalue weighted by Gasteiger charge is 2.23. The van der Waals surface area contributed by atoms with Crippen molar-refractivity contribution >= 4 is 21.6 Å². The molecule has 1 amide bonds. The number of anilines is 1. The number of amides is 1. The largest absolute Gasteiger partial charge is 0.492 e. The second-order valence-corrected chi connectivity index (χ2v) is 8.54. The van der Waals surface area contributed by atoms with E-state index in [1.165, 1.54) is 26.2 Å². The SMILES string of the molecule is CCOc1ccc(NC(=O)COc2cccc(C)c2C)cc1S(=O)(=O)N(C)C. The topological polar surface area (TPSA) is 84.9 Å². The first-order chi connectivity index (χ1) is 13.2. The lowest BCUT2D eigenvalue weighted by Gasteiger charge is -2.17. The number of benzene rings is 2. The minimum atomic E-state index is -3.73. The van der Waals surface area contributed by atoms with Gasteiger partial charge in [-0.25, -0.2) is 12.7 Å². The van der Waals surface area contributed by atoms with E-state index in [1.807, 2.05) is 26.0 Å². The van der Waals surface area contributed by atoms with Crippen LogP contribution in [0.3, 0.4) is 0 Å². The summed E-state index contributed by atoms with van der Waals surface area (Å²) in [5.74, 6) is 0.483. The molecular weight excluding hydrogens is 380 g/mol. The molecule has 152 valence electrons. The molecule has 0 saturated heterocycles. The minimum absolute atomic E-state index is 0.00685. The first kappa shape index (κ1) is 21.7. The molecule has 0 saturated carbocycles. The lowest BCUT2D eigenvalue weighted by atomic mass is 10.1. The maximum absolute atomic E-state index is 12.6. The molecule has 8 heteroatoms. The monoisotopic (exact) mass is 406 g/mol. The Labute approximate surface area is 166 Å². The Morgan fingerprint density at radius 1 is 1.07 bits per heavy atom. The van der Waals surface area contributed by atoms with E-state index >= 15 is 0 Å². The van der Waals surface area contributed by atoms with Crippen LogP contribution < -0.4 is 14.8 Å². The fourth-order valence-electron chi connectivity index (χ4n) is 2.48. The molecule has 0 aliphatic heterocycles. The molecule has 0 spiro atoms. The zero-order valence-electron chi connectivity index (χ0n) is 16.8. The molecule has 7 nitrogen and oxygen atoms in total. The van der Waals surface area contributed by atoms with Gasteiger partial charge in [-0.2, -0.15) is 0 Å². The predicted octanol–water partition coefficient (Wildman–Crippen LogP) is 2.97. The molecule has 28 heavy (non-hydrogen) atoms. The molecule has 0 radical (unpaired) electrons. The number of rotatable bonds is 8. The maximum atomic E-state index is 12.6. The van der Waals surface area contributed by atoms with Crippen molar-refractivity contribution in [2.24, 2.45) is 0 Å². The number of nitrogens with one attached hydrogen (secondary N) is 1. The molecule has 2 rings (SSSR count). The van der Waals surface area contributed by atoms with Crippen LogP contribution in [-0.2, 0) is 14.8 Å². The van der Waals surface area contributed by atoms with Gasteiger partial charge < -0.3 is 14.8 Å². The Hall–Kier alpha value is -2.58. The van der Waals surface area contributed by atoms with E-state index in [4.69, 9.17) is 9.47 Å². The van der Waals surface area contributed by atoms with Gasteiger partial charge in [0.25, 0.3) is 5.91 Å². The van der Waals surface area contributed by atoms with Crippen molar-refractivity contribution < 1.29 is 22.7 Å². The molecule has 2 aromatic carbocycles. The van der Waals surface area contributed by atoms with E-state index in [0.29, 0.717) is 18.0 Å². The third-order valence-corrected chi connectivity index (χ3v) is 6.04. The number of sulfonamides is 1. The summed E-state index contributed by atoms with van der Waals surface area (Å²) in [5.41, 5.74) is 2.39. The van der Waals surface area contributed by atoms with Crippen molar-refractivity contribution in [1.82, 2.24) is 4.31 Å². The first-order valence-electron chi connectivity index (χ1n) is 8.85. The highest BCUT2D eigenvalue weighted by atomic mass is 32.2. The first-order valence-corrected chi connectivity index (χ1v) is 10.3. The number of carbonyl (C=O) groups is 1. The van der Waals surface area contributed by atoms with E-state index in [2.05, 4.69) is 5.32 Å². The van der Waals surface area contributed by atoms with Gasteiger partial charge in [0.15, 0.2) is 6.61 Å². The van der Waals surface area contributed by atoms with Crippen molar-refractivity contribution in [3.63, 3.8) is 0 Å². The maximum Gasteiger partial charge on any atom is 0.262 e. The smallest absolute Gasteiger partial charge is 0.262 e. The van der Waals surface area contributed by atoms with Gasteiger partial charge in [-0.05, 0) is 56.2 Å². The fraction of sp³-hybridized carbons (Fsp3) is 0.350. The Balaban J connectivity index is 2.17. The van der Waals surface area contributed by atoms with Crippen LogP contribution in [0.15, 0.2) is 41.3 Å². The molecular formula is C20H26N2O5S. The van der Waals surface area contributed by atoms with E-state index in [9.17, 15) is 13.2 Å². The average Bonchev–Trinajstić information content (AvgIpc) is 2.64. The lowest BCUT2D eigenvalue weighted by Crippen LogP contribution is -2.24. The Kier molecular flexibility index (Phi) is 7.04. The number of carbonyl (C=O) groups excluding carboxylic acids is 1. The van der Waals surface area contributed by atoms with Crippen molar-refractivity contribution in [2.75, 3.05) is 32.6 Å². The lowest BCUT2D eigenvalue weighted by molar-refractivity contribution is -0.118. The summed E-state index contributed by atoms with van der Waals surface area (Å²) in [6.07, 6.45) is 0. The quantitative estimate of drug-likeness (QED) is 0.729. The molecule has 0 atom stereocenters. The predicted molar refractivity (Wildman–Crippen MR) is 109 cm³/mol. The summed E-state index contributed by atoms with van der Waals surface area (Å²) < 4.78 is 37.2. The summed E-state index contributed by atoms with van der Waals surface area (Å²) in [6.45, 7) is 5.80. The zero-order chi connectivity index (χ0) is 20.9. The van der Waals surface area contributed by atoms with Crippen molar-refractivity contribution in [3.05, 3.63) is 47.5 Å². The second-order valence-electron chi connectivity index (χ2n) is 6.42. The van der Waals surface area contributed by atoms with Gasteiger partial charge in [0.1, 0.15) is 16.4 Å². The van der Waals surface area contributed by atoms with Gasteiger partial charge in [-0.3, -0.25) is 4.79 Å². The van der Waals surface area contributed by atoms with Gasteiger partial charge in [-0.1, -0.05) is 12.1 Å². The highest BCUT2D eigenvalue weighted by molar-refractivity contribution is 7.89. The van der Waals surface area contributed by atoms with Crippen LogP contribution in [-0.4, -0.2) is 45.9 Å². The van der Waals surface area contributed by atoms with E-state index in [-0.39, 0.29) is 17.3 Å². The van der Waals surface area contributed by atoms with Crippen LogP contribution >= 0.6 is 0 Å². The number of hydrogen-bond donors (Lipinski definition) is 1. The number of hydrogen-bond acceptors (Lipinski definition) is 5. The molecule has 0 fully saturated rings. The van der Waals surface area contributed by atoms with Crippen LogP contribution in [0.5, 0.6) is 11.5 Å². The average molecular weight is 407 g/mol. The molecule has 0 aliphatic carbocycles. The highest BCUT2D eigenvalue weighted by Crippen LogP contribution is 2.29. The molecule has 1 N–H and O–H groups in total. The van der Waals surface area contributed by atoms with E-state index in [0.717, 1.165) is 15.4 Å². The van der Waals surface area contributed by atoms with E-state index in [1.54, 1.807) is 19.1 Å². The molecule has 0 bridgehead atoms. The minimum Gasteiger partial charge on any atom is -0.492 e. The third kappa shape index (κ3) is 5.02. The van der Waals surface area contributed by atoms with Gasteiger partial charge in [0.05, 0.1) is 6.61 Å². The van der Waals surface area contributed by atoms with E-state index < -0.39 is 15.9 Å². The summed E-state index contributed by atoms with van der Waals surface area (Å²) in [7, 11) is -0.850. The van der Waals surface area contributed by atoms with Gasteiger partial charge in [-0.15, -0.1) is 0 Å². The van der Waals surface area contributed by atoms with Crippen LogP contribution in [0, 0.1) is 13.8 Å². The summed E-state index contributed by atoms with van der Waals surface area (Å²) in [5, 5.41) is 2.66. The standard InChI is InChI=1S/C20H26N2O5S/c1-6-26-18-11-10-16(12-19(18)28(24,25)22(4)5)21-20(23)13-27-17-9-7-8-14(2)15(17)3/h7-12H,6,13H2,1-5H3,(H,21,23). The number of aryl methyl sites for hydroxylation is 1. The summed E-state index contributed by atoms with van der Waals surface area (Å²) in [4.78, 5) is 12.3. The van der Waals surface area contributed by atoms with Crippen LogP contribution in [0.25, 0.3) is 0 Å². The van der Waals surface area contributed by atoms with Crippen molar-refractivity contribution in [3.8, 4) is 11.5 Å². The van der Waals surface area contributed by atoms with Crippen LogP contribution in [0.4, 0.5) is 5.69 Å². The van der Waals surface area contributed by atoms with Gasteiger partial charge in [0, 0.05) is 19.8 Å². The Bertz CT molecular complexity index is 955. The van der Waals surface area contributed by atoms with Crippen LogP contribution in [0.1, 0.15) is 18.1 Å². The Morgan fingerprint density at radius 3 is 2.43 bits per heavy atom. The van der Waals surface area contributed by atoms with Crippen molar-refractivity contribution in [1.29, 1.82) is 0 Å². The van der Waals surface area contributed by atoms with Crippen LogP contribution in [0.2, 0.25) is 0 Å². The molecule has 0 heterocycles. The number of nitrogens with zero attached hydrogens (tertiary/aromatic N) is 1. The second kappa shape index (κ2) is 9.07. The molecule has 0 unspecified atom stereocenters. The normalized spacial score (nSPS) is 11.4. The zero-order valence-corrected chi connectivity index (χ0v) is 17.6. The van der Waals surface area contributed by atoms with Gasteiger partial charge in [0.2, 0.25) is 10.0 Å². The summed E-state index contributed by atoms with van der Waals surface area (Å²) in [6, 6.07) is 10.1.